The van der Waals surface area contributed by atoms with Crippen molar-refractivity contribution in [2.24, 2.45) is 0 Å². The average molecular weight is 335 g/mol. The van der Waals surface area contributed by atoms with Gasteiger partial charge in [-0.25, -0.2) is 0 Å². The number of hydrogen-bond acceptors (Lipinski definition) is 4. The molecule has 25 heavy (non-hydrogen) atoms. The van der Waals surface area contributed by atoms with E-state index in [0.717, 1.165) is 11.1 Å². The van der Waals surface area contributed by atoms with Crippen molar-refractivity contribution >= 4 is 5.91 Å². The van der Waals surface area contributed by atoms with E-state index in [1.54, 1.807) is 0 Å². The van der Waals surface area contributed by atoms with Crippen molar-refractivity contribution in [3.63, 3.8) is 0 Å². The molecular weight excluding hydrogens is 314 g/mol. The number of nitrogens with one attached hydrogen (secondary N) is 1. The molecule has 0 aliphatic heterocycles. The van der Waals surface area contributed by atoms with Crippen LogP contribution in [-0.2, 0) is 11.2 Å². The van der Waals surface area contributed by atoms with Gasteiger partial charge in [-0.3, -0.25) is 4.79 Å². The Bertz CT molecular complexity index is 826. The van der Waals surface area contributed by atoms with Crippen LogP contribution in [0.5, 0.6) is 0 Å². The number of aryl methyl sites for hydroxylation is 2. The maximum atomic E-state index is 12.1. The summed E-state index contributed by atoms with van der Waals surface area (Å²) in [6, 6.07) is 17.7. The fraction of sp³-hybridized carbons (Fsp3) is 0.250. The molecule has 2 aromatic carbocycles. The third kappa shape index (κ3) is 4.53. The van der Waals surface area contributed by atoms with E-state index in [1.807, 2.05) is 68.4 Å². The Labute approximate surface area is 147 Å². The zero-order valence-electron chi connectivity index (χ0n) is 14.4. The van der Waals surface area contributed by atoms with Gasteiger partial charge in [0.1, 0.15) is 0 Å². The number of amides is 1. The second-order valence-electron chi connectivity index (χ2n) is 6.07. The van der Waals surface area contributed by atoms with Crippen LogP contribution >= 0.6 is 0 Å². The number of rotatable bonds is 6. The van der Waals surface area contributed by atoms with Gasteiger partial charge >= 0.3 is 0 Å². The first kappa shape index (κ1) is 16.9. The topological polar surface area (TPSA) is 68.0 Å². The van der Waals surface area contributed by atoms with E-state index in [-0.39, 0.29) is 11.9 Å². The van der Waals surface area contributed by atoms with Crippen LogP contribution in [0.25, 0.3) is 11.5 Å². The van der Waals surface area contributed by atoms with Crippen molar-refractivity contribution < 1.29 is 9.21 Å². The first-order valence-corrected chi connectivity index (χ1v) is 8.35. The van der Waals surface area contributed by atoms with E-state index in [1.165, 1.54) is 5.56 Å². The van der Waals surface area contributed by atoms with Crippen molar-refractivity contribution in [3.05, 3.63) is 71.6 Å². The SMILES string of the molecule is Cc1ccc(-c2nnc(CCC(=O)N[C@H](C)c3ccccc3)o2)cc1. The maximum absolute atomic E-state index is 12.1. The molecule has 0 fully saturated rings. The van der Waals surface area contributed by atoms with Crippen molar-refractivity contribution in [1.82, 2.24) is 15.5 Å². The lowest BCUT2D eigenvalue weighted by molar-refractivity contribution is -0.121. The van der Waals surface area contributed by atoms with Gasteiger partial charge < -0.3 is 9.73 Å². The van der Waals surface area contributed by atoms with E-state index in [4.69, 9.17) is 4.42 Å². The fourth-order valence-corrected chi connectivity index (χ4v) is 2.53. The van der Waals surface area contributed by atoms with Crippen LogP contribution < -0.4 is 5.32 Å². The summed E-state index contributed by atoms with van der Waals surface area (Å²) in [5.74, 6) is 0.914. The molecule has 0 unspecified atom stereocenters. The average Bonchev–Trinajstić information content (AvgIpc) is 3.10. The summed E-state index contributed by atoms with van der Waals surface area (Å²) in [5.41, 5.74) is 3.13. The standard InChI is InChI=1S/C20H21N3O2/c1-14-8-10-17(11-9-14)20-23-22-19(25-20)13-12-18(24)21-15(2)16-6-4-3-5-7-16/h3-11,15H,12-13H2,1-2H3,(H,21,24)/t15-/m1/s1. The Kier molecular flexibility index (Phi) is 5.23. The first-order chi connectivity index (χ1) is 12.1. The number of benzene rings is 2. The van der Waals surface area contributed by atoms with Crippen molar-refractivity contribution in [1.29, 1.82) is 0 Å². The molecule has 1 amide bonds. The molecule has 0 aliphatic carbocycles. The van der Waals surface area contributed by atoms with Gasteiger partial charge in [0.15, 0.2) is 0 Å². The maximum Gasteiger partial charge on any atom is 0.247 e. The van der Waals surface area contributed by atoms with Crippen LogP contribution in [0.2, 0.25) is 0 Å². The van der Waals surface area contributed by atoms with Gasteiger partial charge in [-0.2, -0.15) is 0 Å². The summed E-state index contributed by atoms with van der Waals surface area (Å²) in [6.07, 6.45) is 0.735. The largest absolute Gasteiger partial charge is 0.421 e. The van der Waals surface area contributed by atoms with Crippen molar-refractivity contribution in [2.45, 2.75) is 32.7 Å². The third-order valence-corrected chi connectivity index (χ3v) is 4.01. The monoisotopic (exact) mass is 335 g/mol. The Balaban J connectivity index is 1.53. The normalized spacial score (nSPS) is 11.9. The number of carbonyl (C=O) groups is 1. The summed E-state index contributed by atoms with van der Waals surface area (Å²) in [5, 5.41) is 11.1. The molecule has 1 heterocycles. The molecule has 3 rings (SSSR count). The van der Waals surface area contributed by atoms with Gasteiger partial charge in [-0.15, -0.1) is 10.2 Å². The van der Waals surface area contributed by atoms with Gasteiger partial charge in [-0.05, 0) is 31.5 Å². The summed E-state index contributed by atoms with van der Waals surface area (Å²) in [4.78, 5) is 12.1. The van der Waals surface area contributed by atoms with Gasteiger partial charge in [0.05, 0.1) is 6.04 Å². The predicted octanol–water partition coefficient (Wildman–Crippen LogP) is 3.86. The van der Waals surface area contributed by atoms with E-state index in [2.05, 4.69) is 15.5 Å². The lowest BCUT2D eigenvalue weighted by Crippen LogP contribution is -2.26. The molecule has 0 bridgehead atoms. The molecule has 0 saturated carbocycles. The minimum Gasteiger partial charge on any atom is -0.421 e. The van der Waals surface area contributed by atoms with Crippen molar-refractivity contribution in [3.8, 4) is 11.5 Å². The lowest BCUT2D eigenvalue weighted by Gasteiger charge is -2.13. The van der Waals surface area contributed by atoms with Crippen LogP contribution in [0.4, 0.5) is 0 Å². The highest BCUT2D eigenvalue weighted by Gasteiger charge is 2.12. The van der Waals surface area contributed by atoms with E-state index in [9.17, 15) is 4.79 Å². The van der Waals surface area contributed by atoms with E-state index < -0.39 is 0 Å². The van der Waals surface area contributed by atoms with Crippen molar-refractivity contribution in [2.75, 3.05) is 0 Å². The molecule has 3 aromatic rings. The molecule has 0 radical (unpaired) electrons. The van der Waals surface area contributed by atoms with Gasteiger partial charge in [0.25, 0.3) is 0 Å². The highest BCUT2D eigenvalue weighted by Crippen LogP contribution is 2.19. The highest BCUT2D eigenvalue weighted by atomic mass is 16.4. The summed E-state index contributed by atoms with van der Waals surface area (Å²) < 4.78 is 5.65. The quantitative estimate of drug-likeness (QED) is 0.743. The Morgan fingerprint density at radius 2 is 1.80 bits per heavy atom. The molecule has 128 valence electrons. The minimum atomic E-state index is -0.0357. The summed E-state index contributed by atoms with van der Waals surface area (Å²) in [6.45, 7) is 3.99. The molecule has 5 nitrogen and oxygen atoms in total. The second-order valence-corrected chi connectivity index (χ2v) is 6.07. The lowest BCUT2D eigenvalue weighted by atomic mass is 10.1. The Morgan fingerprint density at radius 1 is 1.08 bits per heavy atom. The van der Waals surface area contributed by atoms with Gasteiger partial charge in [-0.1, -0.05) is 48.0 Å². The number of carbonyl (C=O) groups excluding carboxylic acids is 1. The van der Waals surface area contributed by atoms with Crippen LogP contribution in [0.3, 0.4) is 0 Å². The molecule has 1 aromatic heterocycles. The zero-order valence-corrected chi connectivity index (χ0v) is 14.4. The van der Waals surface area contributed by atoms with Gasteiger partial charge in [0.2, 0.25) is 17.7 Å². The summed E-state index contributed by atoms with van der Waals surface area (Å²) in [7, 11) is 0. The van der Waals surface area contributed by atoms with E-state index >= 15 is 0 Å². The molecule has 0 spiro atoms. The van der Waals surface area contributed by atoms with E-state index in [0.29, 0.717) is 24.6 Å². The Hall–Kier alpha value is -2.95. The number of aromatic nitrogens is 2. The molecular formula is C20H21N3O2. The van der Waals surface area contributed by atoms with Crippen LogP contribution in [0.15, 0.2) is 59.0 Å². The molecule has 0 saturated heterocycles. The highest BCUT2D eigenvalue weighted by molar-refractivity contribution is 5.76. The molecule has 0 aliphatic rings. The van der Waals surface area contributed by atoms with Crippen LogP contribution in [0.1, 0.15) is 36.4 Å². The zero-order chi connectivity index (χ0) is 17.6. The molecule has 1 atom stereocenters. The molecule has 5 heteroatoms. The first-order valence-electron chi connectivity index (χ1n) is 8.35. The fourth-order valence-electron chi connectivity index (χ4n) is 2.53. The number of nitrogens with zero attached hydrogens (tertiary/aromatic N) is 2. The number of hydrogen-bond donors (Lipinski definition) is 1. The van der Waals surface area contributed by atoms with Crippen LogP contribution in [0, 0.1) is 6.92 Å². The summed E-state index contributed by atoms with van der Waals surface area (Å²) >= 11 is 0. The predicted molar refractivity (Wildman–Crippen MR) is 95.8 cm³/mol. The van der Waals surface area contributed by atoms with Crippen LogP contribution in [-0.4, -0.2) is 16.1 Å². The van der Waals surface area contributed by atoms with Gasteiger partial charge in [0, 0.05) is 18.4 Å². The molecule has 1 N–H and O–H groups in total. The smallest absolute Gasteiger partial charge is 0.247 e. The third-order valence-electron chi connectivity index (χ3n) is 4.01. The second kappa shape index (κ2) is 7.75. The minimum absolute atomic E-state index is 0.0282. The Morgan fingerprint density at radius 3 is 2.52 bits per heavy atom.